The highest BCUT2D eigenvalue weighted by atomic mass is 16.2. The lowest BCUT2D eigenvalue weighted by Crippen LogP contribution is -2.31. The lowest BCUT2D eigenvalue weighted by molar-refractivity contribution is -0.116. The van der Waals surface area contributed by atoms with Crippen molar-refractivity contribution in [1.82, 2.24) is 0 Å². The van der Waals surface area contributed by atoms with Gasteiger partial charge in [-0.05, 0) is 42.7 Å². The molecular formula is C22H27N3O2. The number of rotatable bonds is 8. The van der Waals surface area contributed by atoms with Crippen molar-refractivity contribution in [2.75, 3.05) is 28.6 Å². The predicted molar refractivity (Wildman–Crippen MR) is 110 cm³/mol. The first-order valence-electron chi connectivity index (χ1n) is 9.68. The highest BCUT2D eigenvalue weighted by molar-refractivity contribution is 5.96. The molecule has 0 unspecified atom stereocenters. The van der Waals surface area contributed by atoms with Crippen LogP contribution in [0.4, 0.5) is 17.1 Å². The lowest BCUT2D eigenvalue weighted by atomic mass is 10.2. The molecule has 0 bridgehead atoms. The minimum absolute atomic E-state index is 0.0144. The van der Waals surface area contributed by atoms with Crippen LogP contribution in [0.1, 0.15) is 38.2 Å². The molecule has 0 atom stereocenters. The van der Waals surface area contributed by atoms with Gasteiger partial charge in [0.2, 0.25) is 11.8 Å². The largest absolute Gasteiger partial charge is 0.362 e. The lowest BCUT2D eigenvalue weighted by Gasteiger charge is -2.19. The minimum atomic E-state index is -0.0573. The quantitative estimate of drug-likeness (QED) is 0.689. The molecule has 2 N–H and O–H groups in total. The van der Waals surface area contributed by atoms with Crippen LogP contribution in [0.15, 0.2) is 48.5 Å². The molecule has 0 saturated heterocycles. The van der Waals surface area contributed by atoms with Gasteiger partial charge in [-0.1, -0.05) is 44.0 Å². The zero-order chi connectivity index (χ0) is 19.1. The third-order valence-electron chi connectivity index (χ3n) is 4.76. The van der Waals surface area contributed by atoms with Gasteiger partial charge in [0.05, 0.1) is 6.54 Å². The molecule has 0 fully saturated rings. The summed E-state index contributed by atoms with van der Waals surface area (Å²) in [5.41, 5.74) is 3.83. The van der Waals surface area contributed by atoms with Crippen molar-refractivity contribution >= 4 is 28.9 Å². The summed E-state index contributed by atoms with van der Waals surface area (Å²) in [5, 5.41) is 5.83. The highest BCUT2D eigenvalue weighted by Gasteiger charge is 2.20. The Hall–Kier alpha value is -2.82. The van der Waals surface area contributed by atoms with E-state index in [-0.39, 0.29) is 11.8 Å². The summed E-state index contributed by atoms with van der Waals surface area (Å²) in [6.45, 7) is 3.30. The van der Waals surface area contributed by atoms with Crippen molar-refractivity contribution in [2.24, 2.45) is 0 Å². The van der Waals surface area contributed by atoms with Crippen LogP contribution < -0.4 is 15.5 Å². The Morgan fingerprint density at radius 2 is 1.70 bits per heavy atom. The third-order valence-corrected chi connectivity index (χ3v) is 4.76. The van der Waals surface area contributed by atoms with Crippen molar-refractivity contribution in [3.8, 4) is 0 Å². The van der Waals surface area contributed by atoms with Crippen LogP contribution in [-0.2, 0) is 16.0 Å². The van der Waals surface area contributed by atoms with Gasteiger partial charge in [-0.2, -0.15) is 0 Å². The van der Waals surface area contributed by atoms with Gasteiger partial charge < -0.3 is 15.5 Å². The number of benzene rings is 2. The van der Waals surface area contributed by atoms with Crippen LogP contribution in [-0.4, -0.2) is 24.9 Å². The molecule has 2 amide bonds. The Balaban J connectivity index is 1.53. The monoisotopic (exact) mass is 365 g/mol. The molecule has 2 aromatic rings. The molecule has 5 heteroatoms. The van der Waals surface area contributed by atoms with Crippen molar-refractivity contribution in [2.45, 2.75) is 39.0 Å². The smallest absolute Gasteiger partial charge is 0.243 e. The molecule has 3 rings (SSSR count). The summed E-state index contributed by atoms with van der Waals surface area (Å²) < 4.78 is 0. The fourth-order valence-electron chi connectivity index (χ4n) is 3.38. The maximum Gasteiger partial charge on any atom is 0.243 e. The molecule has 27 heavy (non-hydrogen) atoms. The van der Waals surface area contributed by atoms with Gasteiger partial charge in [0.15, 0.2) is 0 Å². The van der Waals surface area contributed by atoms with E-state index in [9.17, 15) is 9.59 Å². The molecule has 0 aromatic heterocycles. The fourth-order valence-corrected chi connectivity index (χ4v) is 3.38. The van der Waals surface area contributed by atoms with Crippen LogP contribution in [0, 0.1) is 0 Å². The molecule has 0 aliphatic carbocycles. The number of fused-ring (bicyclic) bond motifs is 1. The average molecular weight is 365 g/mol. The number of hydrogen-bond acceptors (Lipinski definition) is 3. The van der Waals surface area contributed by atoms with Gasteiger partial charge in [-0.3, -0.25) is 9.59 Å². The van der Waals surface area contributed by atoms with Gasteiger partial charge in [0.1, 0.15) is 0 Å². The minimum Gasteiger partial charge on any atom is -0.362 e. The van der Waals surface area contributed by atoms with Gasteiger partial charge in [0, 0.05) is 30.0 Å². The maximum atomic E-state index is 12.4. The summed E-state index contributed by atoms with van der Waals surface area (Å²) in [4.78, 5) is 26.5. The predicted octanol–water partition coefficient (Wildman–Crippen LogP) is 4.21. The first kappa shape index (κ1) is 19.0. The zero-order valence-electron chi connectivity index (χ0n) is 15.8. The second kappa shape index (κ2) is 9.21. The molecule has 0 saturated carbocycles. The van der Waals surface area contributed by atoms with Crippen molar-refractivity contribution in [1.29, 1.82) is 0 Å². The number of nitrogens with zero attached hydrogens (tertiary/aromatic N) is 1. The second-order valence-corrected chi connectivity index (χ2v) is 6.93. The summed E-state index contributed by atoms with van der Waals surface area (Å²) in [5.74, 6) is -0.0428. The van der Waals surface area contributed by atoms with Crippen molar-refractivity contribution in [3.63, 3.8) is 0 Å². The summed E-state index contributed by atoms with van der Waals surface area (Å²) in [6, 6.07) is 15.5. The summed E-state index contributed by atoms with van der Waals surface area (Å²) >= 11 is 0. The molecule has 1 heterocycles. The van der Waals surface area contributed by atoms with E-state index in [4.69, 9.17) is 0 Å². The first-order valence-corrected chi connectivity index (χ1v) is 9.68. The molecule has 0 radical (unpaired) electrons. The van der Waals surface area contributed by atoms with Crippen LogP contribution in [0.3, 0.4) is 0 Å². The zero-order valence-corrected chi connectivity index (χ0v) is 15.8. The van der Waals surface area contributed by atoms with Crippen molar-refractivity contribution in [3.05, 3.63) is 54.1 Å². The number of carbonyl (C=O) groups is 2. The third kappa shape index (κ3) is 5.33. The van der Waals surface area contributed by atoms with E-state index in [0.29, 0.717) is 24.3 Å². The second-order valence-electron chi connectivity index (χ2n) is 6.93. The number of nitrogens with one attached hydrogen (secondary N) is 2. The molecule has 0 spiro atoms. The van der Waals surface area contributed by atoms with E-state index in [1.165, 1.54) is 5.56 Å². The standard InChI is InChI=1S/C22H27N3O2/c1-2-3-4-12-21(26)23-18-9-7-10-19(15-18)24-22(27)16-25-14-13-17-8-5-6-11-20(17)25/h5-11,15H,2-4,12-14,16H2,1H3,(H,23,26)(H,24,27). The Morgan fingerprint density at radius 3 is 2.48 bits per heavy atom. The van der Waals surface area contributed by atoms with E-state index < -0.39 is 0 Å². The topological polar surface area (TPSA) is 61.4 Å². The molecular weight excluding hydrogens is 338 g/mol. The normalized spacial score (nSPS) is 12.6. The Morgan fingerprint density at radius 1 is 0.963 bits per heavy atom. The van der Waals surface area contributed by atoms with Crippen molar-refractivity contribution < 1.29 is 9.59 Å². The van der Waals surface area contributed by atoms with Crippen LogP contribution in [0.5, 0.6) is 0 Å². The fraction of sp³-hybridized carbons (Fsp3) is 0.364. The number of anilines is 3. The average Bonchev–Trinajstić information content (AvgIpc) is 3.05. The Labute approximate surface area is 160 Å². The van der Waals surface area contributed by atoms with Crippen LogP contribution in [0.25, 0.3) is 0 Å². The van der Waals surface area contributed by atoms with Gasteiger partial charge in [-0.25, -0.2) is 0 Å². The molecule has 5 nitrogen and oxygen atoms in total. The number of unbranched alkanes of at least 4 members (excludes halogenated alkanes) is 2. The maximum absolute atomic E-state index is 12.4. The molecule has 1 aliphatic heterocycles. The Bertz CT molecular complexity index is 804. The molecule has 1 aliphatic rings. The Kier molecular flexibility index (Phi) is 6.47. The summed E-state index contributed by atoms with van der Waals surface area (Å²) in [6.07, 6.45) is 4.55. The number of carbonyl (C=O) groups excluding carboxylic acids is 2. The number of amides is 2. The van der Waals surface area contributed by atoms with E-state index >= 15 is 0 Å². The van der Waals surface area contributed by atoms with E-state index in [0.717, 1.165) is 37.9 Å². The SMILES string of the molecule is CCCCCC(=O)Nc1cccc(NC(=O)CN2CCc3ccccc32)c1. The van der Waals surface area contributed by atoms with E-state index in [1.807, 2.05) is 30.3 Å². The number of para-hydroxylation sites is 1. The molecule has 2 aromatic carbocycles. The van der Waals surface area contributed by atoms with Gasteiger partial charge in [0.25, 0.3) is 0 Å². The molecule has 142 valence electrons. The summed E-state index contributed by atoms with van der Waals surface area (Å²) in [7, 11) is 0. The first-order chi connectivity index (χ1) is 13.2. The van der Waals surface area contributed by atoms with E-state index in [1.54, 1.807) is 6.07 Å². The number of hydrogen-bond donors (Lipinski definition) is 2. The van der Waals surface area contributed by atoms with Gasteiger partial charge >= 0.3 is 0 Å². The highest BCUT2D eigenvalue weighted by Crippen LogP contribution is 2.27. The van der Waals surface area contributed by atoms with Crippen LogP contribution >= 0.6 is 0 Å². The van der Waals surface area contributed by atoms with Crippen LogP contribution in [0.2, 0.25) is 0 Å². The van der Waals surface area contributed by atoms with E-state index in [2.05, 4.69) is 34.6 Å². The van der Waals surface area contributed by atoms with Gasteiger partial charge in [-0.15, -0.1) is 0 Å².